The lowest BCUT2D eigenvalue weighted by atomic mass is 9.64. The highest BCUT2D eigenvalue weighted by Crippen LogP contribution is 2.67. The molecule has 6 nitrogen and oxygen atoms in total. The third-order valence-electron chi connectivity index (χ3n) is 8.94. The Morgan fingerprint density at radius 2 is 1.05 bits per heavy atom. The molecule has 8 rings (SSSR count). The summed E-state index contributed by atoms with van der Waals surface area (Å²) >= 11 is 0. The third kappa shape index (κ3) is 3.29. The minimum Gasteiger partial charge on any atom is -0.357 e. The van der Waals surface area contributed by atoms with Gasteiger partial charge in [-0.3, -0.25) is 14.8 Å². The number of hydrogen-bond acceptors (Lipinski definition) is 5. The van der Waals surface area contributed by atoms with Gasteiger partial charge in [0, 0.05) is 30.4 Å². The van der Waals surface area contributed by atoms with Crippen molar-refractivity contribution in [2.45, 2.75) is 29.6 Å². The van der Waals surface area contributed by atoms with Gasteiger partial charge in [0.15, 0.2) is 0 Å². The Kier molecular flexibility index (Phi) is 5.42. The van der Waals surface area contributed by atoms with Crippen LogP contribution >= 0.6 is 0 Å². The van der Waals surface area contributed by atoms with Gasteiger partial charge in [-0.15, -0.1) is 0 Å². The van der Waals surface area contributed by atoms with Crippen molar-refractivity contribution in [2.24, 2.45) is 5.92 Å². The van der Waals surface area contributed by atoms with E-state index in [0.717, 1.165) is 22.3 Å². The van der Waals surface area contributed by atoms with Crippen LogP contribution in [-0.2, 0) is 20.7 Å². The van der Waals surface area contributed by atoms with Crippen LogP contribution < -0.4 is 0 Å². The molecule has 200 valence electrons. The number of fused-ring (bicyclic) bond motifs is 3. The Labute approximate surface area is 238 Å². The van der Waals surface area contributed by atoms with Crippen molar-refractivity contribution in [2.75, 3.05) is 0 Å². The summed E-state index contributed by atoms with van der Waals surface area (Å²) in [7, 11) is 0. The quantitative estimate of drug-likeness (QED) is 0.294. The summed E-state index contributed by atoms with van der Waals surface area (Å²) < 4.78 is 14.2. The molecule has 41 heavy (non-hydrogen) atoms. The van der Waals surface area contributed by atoms with Crippen molar-refractivity contribution >= 4 is 5.91 Å². The molecular formula is C35H27N3O3. The van der Waals surface area contributed by atoms with E-state index in [1.54, 1.807) is 24.8 Å². The zero-order chi connectivity index (χ0) is 27.4. The largest absolute Gasteiger partial charge is 0.357 e. The standard InChI is InChI=1S/C35H27N3O3/c39-32(24-10-4-1-5-11-24)38-31-30(40-35(31,26-14-8-3-9-15-26)28-18-22-37-23-19-28)29-33(38)41-34(29,25-12-6-2-7-13-25)27-16-20-36-21-17-27/h1-23,29-31,33H/t29-,30-,31+,33-,34?,35?/m0/s1. The Morgan fingerprint density at radius 1 is 0.585 bits per heavy atom. The fourth-order valence-corrected chi connectivity index (χ4v) is 7.26. The molecule has 6 heteroatoms. The zero-order valence-corrected chi connectivity index (χ0v) is 22.2. The maximum absolute atomic E-state index is 14.4. The number of amides is 1. The number of nitrogens with zero attached hydrogens (tertiary/aromatic N) is 3. The van der Waals surface area contributed by atoms with Crippen molar-refractivity contribution in [1.29, 1.82) is 0 Å². The van der Waals surface area contributed by atoms with Gasteiger partial charge in [0.05, 0.1) is 18.1 Å². The van der Waals surface area contributed by atoms with E-state index in [-0.39, 0.29) is 24.0 Å². The second kappa shape index (κ2) is 9.20. The molecule has 1 amide bonds. The predicted molar refractivity (Wildman–Crippen MR) is 153 cm³/mol. The molecule has 6 atom stereocenters. The maximum Gasteiger partial charge on any atom is 0.256 e. The van der Waals surface area contributed by atoms with Crippen LogP contribution in [0.25, 0.3) is 0 Å². The molecule has 5 aromatic rings. The number of rotatable bonds is 5. The van der Waals surface area contributed by atoms with Gasteiger partial charge < -0.3 is 14.4 Å². The Hall–Kier alpha value is -4.65. The summed E-state index contributed by atoms with van der Waals surface area (Å²) in [6.45, 7) is 0. The summed E-state index contributed by atoms with van der Waals surface area (Å²) in [6.07, 6.45) is 6.41. The molecule has 3 aliphatic heterocycles. The predicted octanol–water partition coefficient (Wildman–Crippen LogP) is 5.56. The Morgan fingerprint density at radius 3 is 1.61 bits per heavy atom. The molecule has 3 fully saturated rings. The van der Waals surface area contributed by atoms with Gasteiger partial charge in [-0.05, 0) is 58.7 Å². The van der Waals surface area contributed by atoms with Gasteiger partial charge in [-0.1, -0.05) is 78.9 Å². The zero-order valence-electron chi connectivity index (χ0n) is 22.2. The monoisotopic (exact) mass is 537 g/mol. The number of likely N-dealkylation sites (tertiary alicyclic amines) is 1. The molecule has 0 spiro atoms. The lowest BCUT2D eigenvalue weighted by Gasteiger charge is -2.57. The highest BCUT2D eigenvalue weighted by Gasteiger charge is 2.79. The van der Waals surface area contributed by atoms with Crippen molar-refractivity contribution in [3.8, 4) is 0 Å². The molecule has 0 aliphatic carbocycles. The van der Waals surface area contributed by atoms with E-state index in [4.69, 9.17) is 9.47 Å². The van der Waals surface area contributed by atoms with Crippen LogP contribution in [-0.4, -0.2) is 39.1 Å². The van der Waals surface area contributed by atoms with Gasteiger partial charge in [0.25, 0.3) is 5.91 Å². The molecule has 0 N–H and O–H groups in total. The minimum absolute atomic E-state index is 0.0675. The number of carbonyl (C=O) groups is 1. The second-order valence-electron chi connectivity index (χ2n) is 10.8. The van der Waals surface area contributed by atoms with Crippen molar-refractivity contribution in [3.05, 3.63) is 168 Å². The first kappa shape index (κ1) is 24.2. The summed E-state index contributed by atoms with van der Waals surface area (Å²) in [5, 5.41) is 0. The second-order valence-corrected chi connectivity index (χ2v) is 10.8. The number of aromatic nitrogens is 2. The number of pyridine rings is 2. The van der Waals surface area contributed by atoms with Gasteiger partial charge >= 0.3 is 0 Å². The third-order valence-corrected chi connectivity index (χ3v) is 8.94. The van der Waals surface area contributed by atoms with Crippen LogP contribution in [0.3, 0.4) is 0 Å². The molecule has 2 unspecified atom stereocenters. The van der Waals surface area contributed by atoms with Crippen LogP contribution in [0.4, 0.5) is 0 Å². The van der Waals surface area contributed by atoms with E-state index in [1.165, 1.54) is 0 Å². The number of benzene rings is 3. The fourth-order valence-electron chi connectivity index (χ4n) is 7.26. The molecule has 3 aliphatic rings. The summed E-state index contributed by atoms with van der Waals surface area (Å²) in [6, 6.07) is 37.6. The molecule has 0 saturated carbocycles. The first-order chi connectivity index (χ1) is 20.2. The average molecular weight is 538 g/mol. The van der Waals surface area contributed by atoms with Gasteiger partial charge in [-0.25, -0.2) is 0 Å². The molecule has 0 bridgehead atoms. The maximum atomic E-state index is 14.4. The van der Waals surface area contributed by atoms with E-state index in [9.17, 15) is 4.79 Å². The lowest BCUT2D eigenvalue weighted by Crippen LogP contribution is -2.67. The molecule has 5 heterocycles. The minimum atomic E-state index is -0.874. The van der Waals surface area contributed by atoms with Gasteiger partial charge in [-0.2, -0.15) is 0 Å². The molecule has 2 aromatic heterocycles. The Bertz CT molecular complexity index is 1610. The highest BCUT2D eigenvalue weighted by molar-refractivity contribution is 5.95. The van der Waals surface area contributed by atoms with E-state index in [2.05, 4.69) is 34.2 Å². The van der Waals surface area contributed by atoms with E-state index in [1.807, 2.05) is 95.9 Å². The first-order valence-electron chi connectivity index (χ1n) is 13.9. The smallest absolute Gasteiger partial charge is 0.256 e. The number of carbonyl (C=O) groups excluding carboxylic acids is 1. The molecular weight excluding hydrogens is 510 g/mol. The molecule has 3 saturated heterocycles. The summed E-state index contributed by atoms with van der Waals surface area (Å²) in [5.41, 5.74) is 2.95. The van der Waals surface area contributed by atoms with Gasteiger partial charge in [0.2, 0.25) is 0 Å². The Balaban J connectivity index is 1.33. The summed E-state index contributed by atoms with van der Waals surface area (Å²) in [4.78, 5) is 24.9. The van der Waals surface area contributed by atoms with E-state index < -0.39 is 17.4 Å². The van der Waals surface area contributed by atoms with Crippen LogP contribution in [0.5, 0.6) is 0 Å². The van der Waals surface area contributed by atoms with Crippen LogP contribution in [0.2, 0.25) is 0 Å². The summed E-state index contributed by atoms with van der Waals surface area (Å²) in [5.74, 6) is -0.203. The van der Waals surface area contributed by atoms with Crippen LogP contribution in [0, 0.1) is 5.92 Å². The average Bonchev–Trinajstić information content (AvgIpc) is 3.24. The van der Waals surface area contributed by atoms with Crippen molar-refractivity contribution in [3.63, 3.8) is 0 Å². The topological polar surface area (TPSA) is 64.6 Å². The van der Waals surface area contributed by atoms with Crippen LogP contribution in [0.15, 0.2) is 140 Å². The normalized spacial score (nSPS) is 29.5. The van der Waals surface area contributed by atoms with Crippen molar-refractivity contribution < 1.29 is 14.3 Å². The lowest BCUT2D eigenvalue weighted by molar-refractivity contribution is -0.292. The van der Waals surface area contributed by atoms with Crippen molar-refractivity contribution in [1.82, 2.24) is 14.9 Å². The first-order valence-corrected chi connectivity index (χ1v) is 13.9. The van der Waals surface area contributed by atoms with E-state index in [0.29, 0.717) is 5.56 Å². The van der Waals surface area contributed by atoms with E-state index >= 15 is 0 Å². The fraction of sp³-hybridized carbons (Fsp3) is 0.171. The molecule has 3 aromatic carbocycles. The molecule has 0 radical (unpaired) electrons. The van der Waals surface area contributed by atoms with Crippen LogP contribution in [0.1, 0.15) is 32.6 Å². The van der Waals surface area contributed by atoms with Gasteiger partial charge in [0.1, 0.15) is 17.4 Å². The highest BCUT2D eigenvalue weighted by atomic mass is 16.6. The SMILES string of the molecule is O=C(c1ccccc1)N1[C@H]2OC(c3ccccc3)(c3ccncc3)[C@H]2[C@@H]2OC(c3ccccc3)(c3ccncc3)[C@@H]21. The number of ether oxygens (including phenoxy) is 2. The number of hydrogen-bond donors (Lipinski definition) is 0.